The minimum absolute atomic E-state index is 0.0963. The van der Waals surface area contributed by atoms with Crippen LogP contribution in [-0.4, -0.2) is 33.3 Å². The van der Waals surface area contributed by atoms with Crippen LogP contribution in [0.15, 0.2) is 15.8 Å². The van der Waals surface area contributed by atoms with Crippen molar-refractivity contribution in [3.63, 3.8) is 0 Å². The van der Waals surface area contributed by atoms with E-state index in [0.29, 0.717) is 4.57 Å². The van der Waals surface area contributed by atoms with Crippen molar-refractivity contribution in [1.29, 1.82) is 0 Å². The molecule has 2 N–H and O–H groups in total. The first-order valence-electron chi connectivity index (χ1n) is 5.00. The molecule has 2 heterocycles. The van der Waals surface area contributed by atoms with Crippen LogP contribution < -0.4 is 11.2 Å². The molecule has 1 aliphatic rings. The Kier molecular flexibility index (Phi) is 3.56. The van der Waals surface area contributed by atoms with Crippen molar-refractivity contribution in [2.45, 2.75) is 24.7 Å². The van der Waals surface area contributed by atoms with E-state index in [0.717, 1.165) is 6.20 Å². The Balaban J connectivity index is 2.46. The van der Waals surface area contributed by atoms with Crippen molar-refractivity contribution in [2.24, 2.45) is 0 Å². The van der Waals surface area contributed by atoms with Gasteiger partial charge in [0.1, 0.15) is 0 Å². The minimum atomic E-state index is -3.28. The fraction of sp³-hybridized carbons (Fsp3) is 0.556. The summed E-state index contributed by atoms with van der Waals surface area (Å²) in [6, 6.07) is 0. The molecule has 0 spiro atoms. The van der Waals surface area contributed by atoms with Crippen LogP contribution >= 0.6 is 22.6 Å². The Labute approximate surface area is 113 Å². The van der Waals surface area contributed by atoms with Gasteiger partial charge >= 0.3 is 5.69 Å². The zero-order chi connectivity index (χ0) is 13.5. The Hall–Kier alpha value is -0.810. The number of H-pyrrole nitrogens is 1. The number of ether oxygens (including phenoxy) is 1. The fourth-order valence-corrected chi connectivity index (χ4v) is 2.18. The van der Waals surface area contributed by atoms with Crippen molar-refractivity contribution in [1.82, 2.24) is 9.55 Å². The van der Waals surface area contributed by atoms with Crippen LogP contribution in [0.4, 0.5) is 8.78 Å². The van der Waals surface area contributed by atoms with Crippen LogP contribution in [0, 0.1) is 3.57 Å². The predicted octanol–water partition coefficient (Wildman–Crippen LogP) is 0.0563. The van der Waals surface area contributed by atoms with E-state index >= 15 is 0 Å². The number of aromatic amines is 1. The first-order valence-corrected chi connectivity index (χ1v) is 6.08. The summed E-state index contributed by atoms with van der Waals surface area (Å²) in [5.74, 6) is -3.28. The topological polar surface area (TPSA) is 84.3 Å². The molecule has 1 fully saturated rings. The monoisotopic (exact) mass is 374 g/mol. The van der Waals surface area contributed by atoms with Gasteiger partial charge in [0.05, 0.1) is 16.3 Å². The molecule has 0 aliphatic carbocycles. The molecule has 2 atom stereocenters. The maximum Gasteiger partial charge on any atom is 0.330 e. The van der Waals surface area contributed by atoms with E-state index in [1.165, 1.54) is 0 Å². The molecule has 6 nitrogen and oxygen atoms in total. The molecule has 0 unspecified atom stereocenters. The maximum absolute atomic E-state index is 13.7. The van der Waals surface area contributed by atoms with E-state index < -0.39 is 42.5 Å². The Morgan fingerprint density at radius 3 is 2.83 bits per heavy atom. The number of aromatic nitrogens is 2. The van der Waals surface area contributed by atoms with Crippen LogP contribution in [0.25, 0.3) is 0 Å². The second-order valence-electron chi connectivity index (χ2n) is 3.90. The molecule has 1 aliphatic heterocycles. The van der Waals surface area contributed by atoms with Gasteiger partial charge in [-0.15, -0.1) is 0 Å². The third kappa shape index (κ3) is 2.34. The van der Waals surface area contributed by atoms with Crippen LogP contribution in [0.3, 0.4) is 0 Å². The lowest BCUT2D eigenvalue weighted by atomic mass is 10.2. The molecule has 1 aromatic heterocycles. The molecular weight excluding hydrogens is 365 g/mol. The van der Waals surface area contributed by atoms with E-state index in [4.69, 9.17) is 9.84 Å². The van der Waals surface area contributed by atoms with Crippen molar-refractivity contribution in [2.75, 3.05) is 6.61 Å². The highest BCUT2D eigenvalue weighted by Gasteiger charge is 2.51. The molecule has 100 valence electrons. The number of hydrogen-bond acceptors (Lipinski definition) is 4. The summed E-state index contributed by atoms with van der Waals surface area (Å²) < 4.78 is 33.0. The normalized spacial score (nSPS) is 26.4. The van der Waals surface area contributed by atoms with Gasteiger partial charge in [0.15, 0.2) is 0 Å². The van der Waals surface area contributed by atoms with Crippen molar-refractivity contribution < 1.29 is 18.6 Å². The van der Waals surface area contributed by atoms with E-state index in [9.17, 15) is 18.4 Å². The molecule has 1 saturated heterocycles. The van der Waals surface area contributed by atoms with Crippen molar-refractivity contribution in [3.05, 3.63) is 30.6 Å². The lowest BCUT2D eigenvalue weighted by Crippen LogP contribution is -2.38. The number of aliphatic hydroxyl groups excluding tert-OH is 1. The van der Waals surface area contributed by atoms with Gasteiger partial charge < -0.3 is 9.84 Å². The maximum atomic E-state index is 13.7. The predicted molar refractivity (Wildman–Crippen MR) is 64.6 cm³/mol. The average Bonchev–Trinajstić information content (AvgIpc) is 2.59. The smallest absolute Gasteiger partial charge is 0.330 e. The lowest BCUT2D eigenvalue weighted by molar-refractivity contribution is -0.120. The van der Waals surface area contributed by atoms with E-state index in [1.54, 1.807) is 22.6 Å². The molecular formula is C9H9F2IN2O4. The van der Waals surface area contributed by atoms with Gasteiger partial charge in [0, 0.05) is 12.6 Å². The van der Waals surface area contributed by atoms with Gasteiger partial charge in [0.2, 0.25) is 6.23 Å². The van der Waals surface area contributed by atoms with Crippen LogP contribution in [0.1, 0.15) is 12.6 Å². The number of alkyl halides is 2. The third-order valence-electron chi connectivity index (χ3n) is 2.56. The highest BCUT2D eigenvalue weighted by Crippen LogP contribution is 2.41. The lowest BCUT2D eigenvalue weighted by Gasteiger charge is -2.19. The molecule has 2 rings (SSSR count). The summed E-state index contributed by atoms with van der Waals surface area (Å²) in [7, 11) is 0. The number of nitrogens with zero attached hydrogens (tertiary/aromatic N) is 1. The van der Waals surface area contributed by atoms with Crippen molar-refractivity contribution in [3.8, 4) is 0 Å². The molecule has 18 heavy (non-hydrogen) atoms. The second-order valence-corrected chi connectivity index (χ2v) is 5.06. The molecule has 0 radical (unpaired) electrons. The number of rotatable bonds is 2. The molecule has 0 aromatic carbocycles. The highest BCUT2D eigenvalue weighted by molar-refractivity contribution is 14.1. The number of nitrogens with one attached hydrogen (secondary N) is 1. The molecule has 0 bridgehead atoms. The first kappa shape index (κ1) is 13.6. The van der Waals surface area contributed by atoms with Gasteiger partial charge in [-0.2, -0.15) is 0 Å². The standard InChI is InChI=1S/C9H9F2IN2O4/c10-9(11)1-4(3-15)18-7(9)14-2-5(12)6(16)13-8(14)17/h2,4,7,15H,1,3H2,(H,13,16,17)/t4-,7+/m1/s1. The number of hydrogen-bond donors (Lipinski definition) is 2. The van der Waals surface area contributed by atoms with Crippen molar-refractivity contribution >= 4 is 22.6 Å². The third-order valence-corrected chi connectivity index (χ3v) is 3.33. The summed E-state index contributed by atoms with van der Waals surface area (Å²) >= 11 is 1.63. The largest absolute Gasteiger partial charge is 0.394 e. The fourth-order valence-electron chi connectivity index (χ4n) is 1.75. The molecule has 0 saturated carbocycles. The van der Waals surface area contributed by atoms with Gasteiger partial charge in [-0.25, -0.2) is 13.6 Å². The summed E-state index contributed by atoms with van der Waals surface area (Å²) in [6.07, 6.45) is -2.50. The Morgan fingerprint density at radius 1 is 1.61 bits per heavy atom. The van der Waals surface area contributed by atoms with Gasteiger partial charge in [0.25, 0.3) is 11.5 Å². The quantitative estimate of drug-likeness (QED) is 0.718. The summed E-state index contributed by atoms with van der Waals surface area (Å²) in [5, 5.41) is 8.83. The molecule has 1 aromatic rings. The summed E-state index contributed by atoms with van der Waals surface area (Å²) in [6.45, 7) is -0.554. The van der Waals surface area contributed by atoms with E-state index in [1.807, 2.05) is 4.98 Å². The SMILES string of the molecule is O=c1[nH]c(=O)n([C@H]2O[C@@H](CO)CC2(F)F)cc1I. The number of halogens is 3. The van der Waals surface area contributed by atoms with E-state index in [-0.39, 0.29) is 3.57 Å². The zero-order valence-electron chi connectivity index (χ0n) is 8.90. The van der Waals surface area contributed by atoms with Gasteiger partial charge in [-0.05, 0) is 22.6 Å². The Bertz CT molecular complexity index is 570. The van der Waals surface area contributed by atoms with Gasteiger partial charge in [-0.1, -0.05) is 0 Å². The average molecular weight is 374 g/mol. The second kappa shape index (κ2) is 4.70. The Morgan fingerprint density at radius 2 is 2.28 bits per heavy atom. The van der Waals surface area contributed by atoms with Gasteiger partial charge in [-0.3, -0.25) is 14.3 Å². The molecule has 9 heteroatoms. The van der Waals surface area contributed by atoms with Crippen LogP contribution in [-0.2, 0) is 4.74 Å². The molecule has 0 amide bonds. The highest BCUT2D eigenvalue weighted by atomic mass is 127. The van der Waals surface area contributed by atoms with Crippen LogP contribution in [0.2, 0.25) is 0 Å². The van der Waals surface area contributed by atoms with E-state index in [2.05, 4.69) is 0 Å². The van der Waals surface area contributed by atoms with Crippen LogP contribution in [0.5, 0.6) is 0 Å². The first-order chi connectivity index (χ1) is 8.35. The summed E-state index contributed by atoms with van der Waals surface area (Å²) in [4.78, 5) is 24.6. The minimum Gasteiger partial charge on any atom is -0.394 e. The number of aliphatic hydroxyl groups is 1. The summed E-state index contributed by atoms with van der Waals surface area (Å²) in [5.41, 5.74) is -1.61. The zero-order valence-corrected chi connectivity index (χ0v) is 11.1.